The lowest BCUT2D eigenvalue weighted by molar-refractivity contribution is 0.328. The van der Waals surface area contributed by atoms with Gasteiger partial charge in [-0.25, -0.2) is 0 Å². The zero-order valence-corrected chi connectivity index (χ0v) is 13.9. The molecular formula is C16H26O2Si. The Morgan fingerprint density at radius 1 is 1.26 bits per heavy atom. The fourth-order valence-corrected chi connectivity index (χ4v) is 2.40. The Morgan fingerprint density at radius 2 is 1.89 bits per heavy atom. The number of hydrogen-bond acceptors (Lipinski definition) is 2. The Morgan fingerprint density at radius 3 is 2.47 bits per heavy atom. The molecule has 0 spiro atoms. The molecule has 2 nitrogen and oxygen atoms in total. The van der Waals surface area contributed by atoms with Crippen molar-refractivity contribution in [3.05, 3.63) is 35.4 Å². The van der Waals surface area contributed by atoms with Crippen LogP contribution in [0.3, 0.4) is 0 Å². The van der Waals surface area contributed by atoms with Crippen molar-refractivity contribution < 1.29 is 9.53 Å². The van der Waals surface area contributed by atoms with E-state index < -0.39 is 8.32 Å². The first kappa shape index (κ1) is 16.0. The van der Waals surface area contributed by atoms with E-state index in [1.165, 1.54) is 0 Å². The van der Waals surface area contributed by atoms with Crippen molar-refractivity contribution in [1.29, 1.82) is 0 Å². The van der Waals surface area contributed by atoms with Crippen LogP contribution in [-0.2, 0) is 4.43 Å². The van der Waals surface area contributed by atoms with Crippen LogP contribution in [0.15, 0.2) is 24.3 Å². The van der Waals surface area contributed by atoms with Crippen LogP contribution >= 0.6 is 0 Å². The predicted octanol–water partition coefficient (Wildman–Crippen LogP) is 4.74. The largest absolute Gasteiger partial charge is 0.507 e. The minimum atomic E-state index is -1.68. The molecule has 19 heavy (non-hydrogen) atoms. The molecule has 1 aromatic carbocycles. The highest BCUT2D eigenvalue weighted by atomic mass is 28.4. The lowest BCUT2D eigenvalue weighted by Crippen LogP contribution is -2.40. The molecule has 1 N–H and O–H groups in total. The molecule has 0 saturated carbocycles. The molecular weight excluding hydrogens is 252 g/mol. The van der Waals surface area contributed by atoms with E-state index in [1.54, 1.807) is 6.07 Å². The van der Waals surface area contributed by atoms with Crippen molar-refractivity contribution in [2.75, 3.05) is 6.61 Å². The number of rotatable bonds is 4. The first-order valence-corrected chi connectivity index (χ1v) is 9.64. The van der Waals surface area contributed by atoms with Gasteiger partial charge in [-0.05, 0) is 37.2 Å². The zero-order chi connectivity index (χ0) is 14.7. The van der Waals surface area contributed by atoms with E-state index in [-0.39, 0.29) is 5.04 Å². The summed E-state index contributed by atoms with van der Waals surface area (Å²) in [7, 11) is -1.68. The van der Waals surface area contributed by atoms with Crippen LogP contribution in [0.2, 0.25) is 18.1 Å². The standard InChI is InChI=1S/C16H26O2Si/c1-13-9-10-15(17)14(12-13)8-7-11-18-19(5,6)16(2,3)4/h7-10,12,17H,11H2,1-6H3/b8-7-. The predicted molar refractivity (Wildman–Crippen MR) is 85.0 cm³/mol. The van der Waals surface area contributed by atoms with Gasteiger partial charge in [0.1, 0.15) is 5.75 Å². The summed E-state index contributed by atoms with van der Waals surface area (Å²) in [6.07, 6.45) is 3.91. The molecule has 0 radical (unpaired) electrons. The lowest BCUT2D eigenvalue weighted by Gasteiger charge is -2.35. The first-order chi connectivity index (χ1) is 8.63. The molecule has 0 bridgehead atoms. The van der Waals surface area contributed by atoms with Crippen LogP contribution in [-0.4, -0.2) is 20.0 Å². The van der Waals surface area contributed by atoms with E-state index in [2.05, 4.69) is 33.9 Å². The molecule has 0 aliphatic heterocycles. The average Bonchev–Trinajstić information content (AvgIpc) is 2.27. The Balaban J connectivity index is 2.63. The van der Waals surface area contributed by atoms with Gasteiger partial charge in [0.25, 0.3) is 0 Å². The SMILES string of the molecule is Cc1ccc(O)c(/C=C\CO[Si](C)(C)C(C)(C)C)c1. The third-order valence-electron chi connectivity index (χ3n) is 3.83. The van der Waals surface area contributed by atoms with Gasteiger partial charge in [-0.15, -0.1) is 0 Å². The highest BCUT2D eigenvalue weighted by Crippen LogP contribution is 2.36. The van der Waals surface area contributed by atoms with Gasteiger partial charge in [-0.2, -0.15) is 0 Å². The Kier molecular flexibility index (Phi) is 4.99. The number of aryl methyl sites for hydroxylation is 1. The molecule has 1 aromatic rings. The van der Waals surface area contributed by atoms with Gasteiger partial charge >= 0.3 is 0 Å². The van der Waals surface area contributed by atoms with E-state index in [1.807, 2.05) is 31.2 Å². The van der Waals surface area contributed by atoms with Gasteiger partial charge in [-0.3, -0.25) is 0 Å². The van der Waals surface area contributed by atoms with Crippen LogP contribution in [0.4, 0.5) is 0 Å². The summed E-state index contributed by atoms with van der Waals surface area (Å²) in [6, 6.07) is 5.60. The van der Waals surface area contributed by atoms with E-state index in [9.17, 15) is 5.11 Å². The van der Waals surface area contributed by atoms with Gasteiger partial charge in [-0.1, -0.05) is 44.6 Å². The van der Waals surface area contributed by atoms with Crippen LogP contribution in [0.5, 0.6) is 5.75 Å². The molecule has 0 atom stereocenters. The normalized spacial score (nSPS) is 13.2. The quantitative estimate of drug-likeness (QED) is 0.806. The van der Waals surface area contributed by atoms with Gasteiger partial charge in [0, 0.05) is 5.56 Å². The van der Waals surface area contributed by atoms with Crippen molar-refractivity contribution in [3.63, 3.8) is 0 Å². The van der Waals surface area contributed by atoms with Crippen molar-refractivity contribution in [2.45, 2.75) is 45.8 Å². The molecule has 0 fully saturated rings. The molecule has 0 amide bonds. The van der Waals surface area contributed by atoms with Gasteiger partial charge in [0.05, 0.1) is 6.61 Å². The Hall–Kier alpha value is -1.06. The highest BCUT2D eigenvalue weighted by molar-refractivity contribution is 6.74. The second-order valence-corrected chi connectivity index (χ2v) is 11.3. The van der Waals surface area contributed by atoms with Crippen molar-refractivity contribution in [1.82, 2.24) is 0 Å². The topological polar surface area (TPSA) is 29.5 Å². The molecule has 0 aliphatic rings. The summed E-state index contributed by atoms with van der Waals surface area (Å²) in [6.45, 7) is 13.8. The minimum Gasteiger partial charge on any atom is -0.507 e. The first-order valence-electron chi connectivity index (χ1n) is 6.73. The number of phenolic OH excluding ortho intramolecular Hbond substituents is 1. The second kappa shape index (κ2) is 5.93. The number of aromatic hydroxyl groups is 1. The highest BCUT2D eigenvalue weighted by Gasteiger charge is 2.36. The maximum atomic E-state index is 9.74. The van der Waals surface area contributed by atoms with Crippen LogP contribution in [0.1, 0.15) is 31.9 Å². The molecule has 0 saturated heterocycles. The smallest absolute Gasteiger partial charge is 0.192 e. The summed E-state index contributed by atoms with van der Waals surface area (Å²) in [5, 5.41) is 9.97. The van der Waals surface area contributed by atoms with E-state index in [4.69, 9.17) is 4.43 Å². The molecule has 0 aromatic heterocycles. The van der Waals surface area contributed by atoms with E-state index >= 15 is 0 Å². The van der Waals surface area contributed by atoms with Gasteiger partial charge in [0.15, 0.2) is 8.32 Å². The van der Waals surface area contributed by atoms with Crippen molar-refractivity contribution in [2.24, 2.45) is 0 Å². The summed E-state index contributed by atoms with van der Waals surface area (Å²) in [5.74, 6) is 0.314. The number of hydrogen-bond donors (Lipinski definition) is 1. The van der Waals surface area contributed by atoms with E-state index in [0.29, 0.717) is 12.4 Å². The third-order valence-corrected chi connectivity index (χ3v) is 8.33. The van der Waals surface area contributed by atoms with Gasteiger partial charge in [0.2, 0.25) is 0 Å². The fraction of sp³-hybridized carbons (Fsp3) is 0.500. The van der Waals surface area contributed by atoms with Crippen LogP contribution in [0, 0.1) is 6.92 Å². The van der Waals surface area contributed by atoms with Crippen LogP contribution < -0.4 is 0 Å². The van der Waals surface area contributed by atoms with E-state index in [0.717, 1.165) is 11.1 Å². The maximum Gasteiger partial charge on any atom is 0.192 e. The zero-order valence-electron chi connectivity index (χ0n) is 12.9. The minimum absolute atomic E-state index is 0.228. The summed E-state index contributed by atoms with van der Waals surface area (Å²) in [5.41, 5.74) is 1.99. The monoisotopic (exact) mass is 278 g/mol. The summed E-state index contributed by atoms with van der Waals surface area (Å²) in [4.78, 5) is 0. The lowest BCUT2D eigenvalue weighted by atomic mass is 10.1. The molecule has 1 rings (SSSR count). The van der Waals surface area contributed by atoms with Gasteiger partial charge < -0.3 is 9.53 Å². The molecule has 0 unspecified atom stereocenters. The molecule has 0 aliphatic carbocycles. The average molecular weight is 278 g/mol. The van der Waals surface area contributed by atoms with Crippen molar-refractivity contribution in [3.8, 4) is 5.75 Å². The third kappa shape index (κ3) is 4.51. The fourth-order valence-electron chi connectivity index (χ4n) is 1.46. The van der Waals surface area contributed by atoms with Crippen molar-refractivity contribution >= 4 is 14.4 Å². The molecule has 3 heteroatoms. The second-order valence-electron chi connectivity index (χ2n) is 6.54. The van der Waals surface area contributed by atoms with Crippen LogP contribution in [0.25, 0.3) is 6.08 Å². The maximum absolute atomic E-state index is 9.74. The Labute approximate surface area is 118 Å². The summed E-state index contributed by atoms with van der Waals surface area (Å²) >= 11 is 0. The number of phenols is 1. The molecule has 106 valence electrons. The summed E-state index contributed by atoms with van der Waals surface area (Å²) < 4.78 is 6.06. The number of benzene rings is 1. The Bertz CT molecular complexity index is 456. The molecule has 0 heterocycles.